The predicted molar refractivity (Wildman–Crippen MR) is 113 cm³/mol. The summed E-state index contributed by atoms with van der Waals surface area (Å²) in [5.74, 6) is -1.46. The van der Waals surface area contributed by atoms with Gasteiger partial charge in [0.25, 0.3) is 15.9 Å². The predicted octanol–water partition coefficient (Wildman–Crippen LogP) is 4.19. The van der Waals surface area contributed by atoms with Crippen molar-refractivity contribution in [3.63, 3.8) is 0 Å². The summed E-state index contributed by atoms with van der Waals surface area (Å²) < 4.78 is 71.2. The zero-order valence-electron chi connectivity index (χ0n) is 16.4. The molecule has 0 atom stereocenters. The van der Waals surface area contributed by atoms with Crippen LogP contribution in [-0.4, -0.2) is 19.3 Å². The number of amides is 1. The first-order valence-corrected chi connectivity index (χ1v) is 10.7. The quantitative estimate of drug-likeness (QED) is 0.398. The van der Waals surface area contributed by atoms with E-state index in [4.69, 9.17) is 4.42 Å². The van der Waals surface area contributed by atoms with Crippen molar-refractivity contribution in [1.29, 1.82) is 0 Å². The fourth-order valence-electron chi connectivity index (χ4n) is 3.01. The van der Waals surface area contributed by atoms with Gasteiger partial charge in [-0.15, -0.1) is 0 Å². The second-order valence-corrected chi connectivity index (χ2v) is 8.57. The normalized spacial score (nSPS) is 12.0. The summed E-state index contributed by atoms with van der Waals surface area (Å²) in [5.41, 5.74) is -0.551. The van der Waals surface area contributed by atoms with Gasteiger partial charge in [0.2, 0.25) is 0 Å². The first-order valence-electron chi connectivity index (χ1n) is 9.26. The van der Waals surface area contributed by atoms with E-state index in [9.17, 15) is 31.2 Å². The van der Waals surface area contributed by atoms with Crippen LogP contribution in [-0.2, 0) is 16.2 Å². The van der Waals surface area contributed by atoms with Gasteiger partial charge in [0.15, 0.2) is 5.58 Å². The standard InChI is InChI=1S/C21H14F3N3O5S/c22-21(23,24)13-4-2-5-14(10-13)25-19(28)12-3-1-6-15(9-12)27-33(30,31)16-7-8-17-18(11-16)32-20(29)26-17/h1-11,27H,(H,25,28)(H,26,29). The van der Waals surface area contributed by atoms with Crippen LogP contribution in [0.1, 0.15) is 15.9 Å². The average molecular weight is 477 g/mol. The molecule has 33 heavy (non-hydrogen) atoms. The molecule has 1 aromatic heterocycles. The number of sulfonamides is 1. The lowest BCUT2D eigenvalue weighted by Crippen LogP contribution is -2.15. The number of fused-ring (bicyclic) bond motifs is 1. The minimum absolute atomic E-state index is 0.0136. The molecule has 0 fully saturated rings. The highest BCUT2D eigenvalue weighted by atomic mass is 32.2. The Morgan fingerprint density at radius 1 is 0.939 bits per heavy atom. The highest BCUT2D eigenvalue weighted by Gasteiger charge is 2.30. The van der Waals surface area contributed by atoms with Crippen LogP contribution in [0.15, 0.2) is 80.8 Å². The van der Waals surface area contributed by atoms with E-state index in [0.29, 0.717) is 5.52 Å². The van der Waals surface area contributed by atoms with Crippen LogP contribution in [0.2, 0.25) is 0 Å². The molecular weight excluding hydrogens is 463 g/mol. The largest absolute Gasteiger partial charge is 0.417 e. The van der Waals surface area contributed by atoms with Crippen LogP contribution in [0.4, 0.5) is 24.5 Å². The summed E-state index contributed by atoms with van der Waals surface area (Å²) in [4.78, 5) is 26.0. The summed E-state index contributed by atoms with van der Waals surface area (Å²) >= 11 is 0. The molecule has 0 aliphatic carbocycles. The Bertz CT molecular complexity index is 1520. The Kier molecular flexibility index (Phi) is 5.46. The lowest BCUT2D eigenvalue weighted by molar-refractivity contribution is -0.137. The SMILES string of the molecule is O=C(Nc1cccc(C(F)(F)F)c1)c1cccc(NS(=O)(=O)c2ccc3[nH]c(=O)oc3c2)c1. The first kappa shape index (κ1) is 22.1. The Morgan fingerprint density at radius 3 is 2.42 bits per heavy atom. The molecule has 0 aliphatic heterocycles. The molecule has 0 saturated heterocycles. The second-order valence-electron chi connectivity index (χ2n) is 6.89. The van der Waals surface area contributed by atoms with Crippen LogP contribution in [0.3, 0.4) is 0 Å². The van der Waals surface area contributed by atoms with Crippen LogP contribution >= 0.6 is 0 Å². The molecule has 1 heterocycles. The third-order valence-electron chi connectivity index (χ3n) is 4.53. The van der Waals surface area contributed by atoms with Crippen molar-refractivity contribution in [1.82, 2.24) is 4.98 Å². The van der Waals surface area contributed by atoms with E-state index in [0.717, 1.165) is 18.2 Å². The van der Waals surface area contributed by atoms with E-state index in [1.54, 1.807) is 0 Å². The summed E-state index contributed by atoms with van der Waals surface area (Å²) in [5, 5.41) is 2.35. The number of aromatic amines is 1. The molecule has 4 aromatic rings. The minimum atomic E-state index is -4.56. The van der Waals surface area contributed by atoms with Crippen molar-refractivity contribution in [3.05, 3.63) is 88.4 Å². The molecule has 0 bridgehead atoms. The second kappa shape index (κ2) is 8.13. The summed E-state index contributed by atoms with van der Waals surface area (Å²) in [7, 11) is -4.10. The number of hydrogen-bond acceptors (Lipinski definition) is 5. The Morgan fingerprint density at radius 2 is 1.67 bits per heavy atom. The fraction of sp³-hybridized carbons (Fsp3) is 0.0476. The van der Waals surface area contributed by atoms with Crippen molar-refractivity contribution >= 4 is 38.4 Å². The maximum Gasteiger partial charge on any atom is 0.417 e. The van der Waals surface area contributed by atoms with Gasteiger partial charge in [-0.25, -0.2) is 13.2 Å². The number of carbonyl (C=O) groups is 1. The fourth-order valence-corrected chi connectivity index (χ4v) is 4.07. The Labute approximate surface area is 184 Å². The number of alkyl halides is 3. The van der Waals surface area contributed by atoms with Crippen molar-refractivity contribution in [3.8, 4) is 0 Å². The van der Waals surface area contributed by atoms with Gasteiger partial charge < -0.3 is 9.73 Å². The average Bonchev–Trinajstić information content (AvgIpc) is 3.12. The zero-order chi connectivity index (χ0) is 23.8. The minimum Gasteiger partial charge on any atom is -0.408 e. The van der Waals surface area contributed by atoms with E-state index in [2.05, 4.69) is 15.0 Å². The van der Waals surface area contributed by atoms with Crippen molar-refractivity contribution in [2.75, 3.05) is 10.0 Å². The van der Waals surface area contributed by atoms with Crippen molar-refractivity contribution in [2.45, 2.75) is 11.1 Å². The lowest BCUT2D eigenvalue weighted by Gasteiger charge is -2.11. The first-order chi connectivity index (χ1) is 15.5. The van der Waals surface area contributed by atoms with Crippen LogP contribution in [0.25, 0.3) is 11.1 Å². The van der Waals surface area contributed by atoms with Gasteiger partial charge in [0.1, 0.15) is 0 Å². The highest BCUT2D eigenvalue weighted by Crippen LogP contribution is 2.31. The number of rotatable bonds is 5. The summed E-state index contributed by atoms with van der Waals surface area (Å²) in [6.45, 7) is 0. The van der Waals surface area contributed by atoms with E-state index < -0.39 is 33.4 Å². The third-order valence-corrected chi connectivity index (χ3v) is 5.91. The van der Waals surface area contributed by atoms with E-state index in [1.165, 1.54) is 48.5 Å². The van der Waals surface area contributed by atoms with Gasteiger partial charge in [0.05, 0.1) is 16.0 Å². The summed E-state index contributed by atoms with van der Waals surface area (Å²) in [6.07, 6.45) is -4.56. The van der Waals surface area contributed by atoms with Crippen molar-refractivity contribution < 1.29 is 30.8 Å². The van der Waals surface area contributed by atoms with Crippen LogP contribution in [0.5, 0.6) is 0 Å². The highest BCUT2D eigenvalue weighted by molar-refractivity contribution is 7.92. The van der Waals surface area contributed by atoms with Crippen LogP contribution < -0.4 is 15.8 Å². The molecule has 0 aliphatic rings. The number of benzene rings is 3. The number of hydrogen-bond donors (Lipinski definition) is 3. The number of carbonyl (C=O) groups excluding carboxylic acids is 1. The Balaban J connectivity index is 1.54. The number of H-pyrrole nitrogens is 1. The Hall–Kier alpha value is -4.06. The maximum absolute atomic E-state index is 12.9. The van der Waals surface area contributed by atoms with Gasteiger partial charge in [-0.2, -0.15) is 13.2 Å². The molecule has 4 rings (SSSR count). The number of anilines is 2. The monoisotopic (exact) mass is 477 g/mol. The molecule has 0 saturated carbocycles. The van der Waals surface area contributed by atoms with Gasteiger partial charge in [0, 0.05) is 23.0 Å². The molecule has 0 spiro atoms. The third kappa shape index (κ3) is 4.90. The maximum atomic E-state index is 12.9. The number of halogens is 3. The zero-order valence-corrected chi connectivity index (χ0v) is 17.3. The van der Waals surface area contributed by atoms with Gasteiger partial charge >= 0.3 is 11.9 Å². The molecule has 12 heteroatoms. The van der Waals surface area contributed by atoms with E-state index >= 15 is 0 Å². The van der Waals surface area contributed by atoms with Gasteiger partial charge in [-0.1, -0.05) is 12.1 Å². The number of aromatic nitrogens is 1. The molecule has 170 valence electrons. The van der Waals surface area contributed by atoms with Crippen LogP contribution in [0, 0.1) is 0 Å². The smallest absolute Gasteiger partial charge is 0.408 e. The summed E-state index contributed by atoms with van der Waals surface area (Å²) in [6, 6.07) is 13.3. The van der Waals surface area contributed by atoms with Gasteiger partial charge in [-0.05, 0) is 48.5 Å². The molecule has 8 nitrogen and oxygen atoms in total. The molecular formula is C21H14F3N3O5S. The molecule has 3 N–H and O–H groups in total. The van der Waals surface area contributed by atoms with Crippen molar-refractivity contribution in [2.24, 2.45) is 0 Å². The molecule has 0 unspecified atom stereocenters. The molecule has 1 amide bonds. The molecule has 0 radical (unpaired) electrons. The lowest BCUT2D eigenvalue weighted by atomic mass is 10.1. The van der Waals surface area contributed by atoms with E-state index in [1.807, 2.05) is 0 Å². The number of nitrogens with one attached hydrogen (secondary N) is 3. The topological polar surface area (TPSA) is 121 Å². The van der Waals surface area contributed by atoms with Gasteiger partial charge in [-0.3, -0.25) is 14.5 Å². The van der Waals surface area contributed by atoms with E-state index in [-0.39, 0.29) is 27.4 Å². The number of oxazole rings is 1. The molecule has 3 aromatic carbocycles.